The molecule has 1 rings (SSSR count). The first-order valence-electron chi connectivity index (χ1n) is 4.16. The first-order chi connectivity index (χ1) is 7.82. The van der Waals surface area contributed by atoms with E-state index in [1.807, 2.05) is 0 Å². The zero-order valence-corrected chi connectivity index (χ0v) is 9.12. The number of aliphatic carboxylic acids is 1. The fraction of sp³-hybridized carbons (Fsp3) is 0.333. The van der Waals surface area contributed by atoms with E-state index < -0.39 is 39.3 Å². The number of nitro groups is 1. The molecule has 0 spiro atoms. The number of nitrogens with zero attached hydrogens (tertiary/aromatic N) is 3. The van der Waals surface area contributed by atoms with Crippen molar-refractivity contribution in [2.24, 2.45) is 0 Å². The quantitative estimate of drug-likeness (QED) is 0.482. The predicted octanol–water partition coefficient (Wildman–Crippen LogP) is -1.25. The molecule has 0 aliphatic rings. The van der Waals surface area contributed by atoms with E-state index in [1.54, 1.807) is 4.72 Å². The van der Waals surface area contributed by atoms with E-state index in [0.717, 1.165) is 17.0 Å². The number of aromatic nitrogens is 2. The molecule has 0 saturated heterocycles. The van der Waals surface area contributed by atoms with Crippen molar-refractivity contribution in [2.75, 3.05) is 6.54 Å². The van der Waals surface area contributed by atoms with Gasteiger partial charge in [-0.05, 0) is 4.92 Å². The number of nitrogens with one attached hydrogen (secondary N) is 1. The number of imidazole rings is 1. The van der Waals surface area contributed by atoms with Gasteiger partial charge in [0.05, 0.1) is 0 Å². The normalized spacial score (nSPS) is 11.3. The van der Waals surface area contributed by atoms with Crippen LogP contribution in [0.5, 0.6) is 0 Å². The van der Waals surface area contributed by atoms with Crippen molar-refractivity contribution in [1.82, 2.24) is 14.3 Å². The molecule has 10 nitrogen and oxygen atoms in total. The number of hydrogen-bond donors (Lipinski definition) is 2. The standard InChI is InChI=1S/C6H8N4O6S/c11-5(12)3-8-17(15,16)4-9-2-1-7-6(9)10(13)14/h1-2,8H,3-4H2,(H,11,12). The van der Waals surface area contributed by atoms with E-state index in [4.69, 9.17) is 5.11 Å². The third kappa shape index (κ3) is 3.81. The largest absolute Gasteiger partial charge is 0.480 e. The lowest BCUT2D eigenvalue weighted by atomic mass is 10.7. The van der Waals surface area contributed by atoms with Crippen molar-refractivity contribution in [3.63, 3.8) is 0 Å². The van der Waals surface area contributed by atoms with Crippen LogP contribution in [-0.2, 0) is 20.7 Å². The summed E-state index contributed by atoms with van der Waals surface area (Å²) >= 11 is 0. The Balaban J connectivity index is 2.80. The summed E-state index contributed by atoms with van der Waals surface area (Å²) in [6, 6.07) is 0. The molecule has 1 aromatic rings. The Morgan fingerprint density at radius 2 is 2.29 bits per heavy atom. The Morgan fingerprint density at radius 1 is 1.65 bits per heavy atom. The maximum atomic E-state index is 11.3. The van der Waals surface area contributed by atoms with Crippen LogP contribution in [0.25, 0.3) is 0 Å². The first kappa shape index (κ1) is 13.1. The third-order valence-electron chi connectivity index (χ3n) is 1.61. The Morgan fingerprint density at radius 3 is 2.82 bits per heavy atom. The molecule has 17 heavy (non-hydrogen) atoms. The Kier molecular flexibility index (Phi) is 3.75. The van der Waals surface area contributed by atoms with Gasteiger partial charge in [-0.15, -0.1) is 0 Å². The minimum absolute atomic E-state index is 0.634. The van der Waals surface area contributed by atoms with E-state index >= 15 is 0 Å². The molecule has 0 saturated carbocycles. The maximum Gasteiger partial charge on any atom is 0.435 e. The molecule has 11 heteroatoms. The number of carboxylic acids is 1. The minimum Gasteiger partial charge on any atom is -0.480 e. The summed E-state index contributed by atoms with van der Waals surface area (Å²) in [7, 11) is -3.97. The van der Waals surface area contributed by atoms with Crippen LogP contribution in [0.2, 0.25) is 0 Å². The van der Waals surface area contributed by atoms with Crippen molar-refractivity contribution in [1.29, 1.82) is 0 Å². The van der Waals surface area contributed by atoms with Crippen LogP contribution in [0.1, 0.15) is 0 Å². The molecule has 0 aliphatic carbocycles. The van der Waals surface area contributed by atoms with Crippen LogP contribution in [0.3, 0.4) is 0 Å². The van der Waals surface area contributed by atoms with Crippen LogP contribution >= 0.6 is 0 Å². The Hall–Kier alpha value is -2.01. The molecule has 0 atom stereocenters. The van der Waals surface area contributed by atoms with E-state index in [2.05, 4.69) is 4.98 Å². The fourth-order valence-corrected chi connectivity index (χ4v) is 1.98. The molecule has 0 aliphatic heterocycles. The molecule has 0 unspecified atom stereocenters. The second-order valence-corrected chi connectivity index (χ2v) is 4.69. The van der Waals surface area contributed by atoms with Crippen LogP contribution in [0, 0.1) is 10.1 Å². The molecular weight excluding hydrogens is 256 g/mol. The molecule has 0 fully saturated rings. The van der Waals surface area contributed by atoms with E-state index in [0.29, 0.717) is 0 Å². The summed E-state index contributed by atoms with van der Waals surface area (Å²) in [5, 5.41) is 18.7. The number of carboxylic acid groups (broad SMARTS) is 1. The van der Waals surface area contributed by atoms with Gasteiger partial charge in [-0.25, -0.2) is 17.7 Å². The number of carbonyl (C=O) groups is 1. The molecular formula is C6H8N4O6S. The molecule has 2 N–H and O–H groups in total. The molecule has 1 aromatic heterocycles. The van der Waals surface area contributed by atoms with E-state index in [9.17, 15) is 23.3 Å². The van der Waals surface area contributed by atoms with Gasteiger partial charge < -0.3 is 15.2 Å². The monoisotopic (exact) mass is 264 g/mol. The van der Waals surface area contributed by atoms with Gasteiger partial charge in [-0.1, -0.05) is 4.98 Å². The highest BCUT2D eigenvalue weighted by molar-refractivity contribution is 7.88. The van der Waals surface area contributed by atoms with Crippen LogP contribution in [-0.4, -0.2) is 40.5 Å². The smallest absolute Gasteiger partial charge is 0.435 e. The number of rotatable bonds is 6. The highest BCUT2D eigenvalue weighted by Crippen LogP contribution is 2.08. The van der Waals surface area contributed by atoms with Gasteiger partial charge in [0.15, 0.2) is 5.88 Å². The SMILES string of the molecule is O=C(O)CNS(=O)(=O)Cn1ccnc1[N+](=O)[O-]. The molecule has 0 radical (unpaired) electrons. The topological polar surface area (TPSA) is 144 Å². The first-order valence-corrected chi connectivity index (χ1v) is 5.82. The number of sulfonamides is 1. The summed E-state index contributed by atoms with van der Waals surface area (Å²) in [4.78, 5) is 23.1. The van der Waals surface area contributed by atoms with Crippen LogP contribution < -0.4 is 4.72 Å². The molecule has 94 valence electrons. The fourth-order valence-electron chi connectivity index (χ4n) is 0.975. The van der Waals surface area contributed by atoms with E-state index in [1.165, 1.54) is 0 Å². The molecule has 0 bridgehead atoms. The van der Waals surface area contributed by atoms with Gasteiger partial charge in [-0.2, -0.15) is 0 Å². The molecule has 0 aromatic carbocycles. The van der Waals surface area contributed by atoms with Crippen molar-refractivity contribution in [3.8, 4) is 0 Å². The second kappa shape index (κ2) is 4.88. The summed E-state index contributed by atoms with van der Waals surface area (Å²) < 4.78 is 25.2. The van der Waals surface area contributed by atoms with Crippen molar-refractivity contribution >= 4 is 21.9 Å². The lowest BCUT2D eigenvalue weighted by molar-refractivity contribution is -0.396. The molecule has 0 amide bonds. The van der Waals surface area contributed by atoms with E-state index in [-0.39, 0.29) is 0 Å². The minimum atomic E-state index is -3.97. The zero-order valence-electron chi connectivity index (χ0n) is 8.31. The van der Waals surface area contributed by atoms with Gasteiger partial charge in [0.25, 0.3) is 0 Å². The predicted molar refractivity (Wildman–Crippen MR) is 53.4 cm³/mol. The summed E-state index contributed by atoms with van der Waals surface area (Å²) in [6.07, 6.45) is 2.18. The zero-order chi connectivity index (χ0) is 13.1. The molecule has 1 heterocycles. The average molecular weight is 264 g/mol. The summed E-state index contributed by atoms with van der Waals surface area (Å²) in [5.41, 5.74) is 0. The lowest BCUT2D eigenvalue weighted by Gasteiger charge is -2.03. The maximum absolute atomic E-state index is 11.3. The number of hydrogen-bond acceptors (Lipinski definition) is 6. The Bertz CT molecular complexity index is 534. The lowest BCUT2D eigenvalue weighted by Crippen LogP contribution is -2.32. The van der Waals surface area contributed by atoms with Gasteiger partial charge in [-0.3, -0.25) is 4.79 Å². The van der Waals surface area contributed by atoms with Gasteiger partial charge in [0.2, 0.25) is 10.0 Å². The summed E-state index contributed by atoms with van der Waals surface area (Å²) in [5.74, 6) is -2.75. The van der Waals surface area contributed by atoms with Crippen molar-refractivity contribution in [2.45, 2.75) is 5.88 Å². The second-order valence-electron chi connectivity index (χ2n) is 2.91. The van der Waals surface area contributed by atoms with Crippen molar-refractivity contribution < 1.29 is 23.2 Å². The van der Waals surface area contributed by atoms with Crippen molar-refractivity contribution in [3.05, 3.63) is 22.5 Å². The van der Waals surface area contributed by atoms with Crippen LogP contribution in [0.4, 0.5) is 5.95 Å². The summed E-state index contributed by atoms with van der Waals surface area (Å²) in [6.45, 7) is -0.787. The van der Waals surface area contributed by atoms with Gasteiger partial charge in [0, 0.05) is 0 Å². The Labute approximate surface area is 95.1 Å². The third-order valence-corrected chi connectivity index (χ3v) is 2.81. The van der Waals surface area contributed by atoms with Crippen LogP contribution in [0.15, 0.2) is 12.4 Å². The highest BCUT2D eigenvalue weighted by atomic mass is 32.2. The van der Waals surface area contributed by atoms with Gasteiger partial charge >= 0.3 is 11.9 Å². The average Bonchev–Trinajstić information content (AvgIpc) is 2.62. The highest BCUT2D eigenvalue weighted by Gasteiger charge is 2.21. The van der Waals surface area contributed by atoms with Gasteiger partial charge in [0.1, 0.15) is 18.9 Å².